The summed E-state index contributed by atoms with van der Waals surface area (Å²) in [6.07, 6.45) is 0.651. The molecule has 0 saturated carbocycles. The third-order valence-corrected chi connectivity index (χ3v) is 5.45. The molecule has 0 radical (unpaired) electrons. The number of hydrogen-bond acceptors (Lipinski definition) is 3. The summed E-state index contributed by atoms with van der Waals surface area (Å²) in [5.74, 6) is 0.582. The first kappa shape index (κ1) is 16.2. The summed E-state index contributed by atoms with van der Waals surface area (Å²) in [6, 6.07) is 7.70. The molecule has 0 aliphatic heterocycles. The second kappa shape index (κ2) is 7.06. The number of likely N-dealkylation sites (N-methyl/N-ethyl adjacent to an activating group) is 1. The van der Waals surface area contributed by atoms with Crippen LogP contribution in [-0.2, 0) is 9.84 Å². The standard InChI is InChI=1S/C15H25NO2S/c1-5-11-19(17,18)15-9-7-14(8-10-15)12(3)13(4)16-6-2/h7-10,12-13,16H,5-6,11H2,1-4H3. The summed E-state index contributed by atoms with van der Waals surface area (Å²) in [4.78, 5) is 0.432. The third kappa shape index (κ3) is 4.32. The molecule has 0 aromatic heterocycles. The molecule has 2 atom stereocenters. The Morgan fingerprint density at radius 3 is 2.16 bits per heavy atom. The van der Waals surface area contributed by atoms with Crippen LogP contribution in [0.2, 0.25) is 0 Å². The Labute approximate surface area is 117 Å². The summed E-state index contributed by atoms with van der Waals surface area (Å²) >= 11 is 0. The molecule has 0 bridgehead atoms. The number of sulfone groups is 1. The van der Waals surface area contributed by atoms with Crippen LogP contribution in [0, 0.1) is 0 Å². The predicted molar refractivity (Wildman–Crippen MR) is 80.3 cm³/mol. The Bertz CT molecular complexity index is 479. The second-order valence-electron chi connectivity index (χ2n) is 5.02. The summed E-state index contributed by atoms with van der Waals surface area (Å²) in [5.41, 5.74) is 1.17. The molecule has 19 heavy (non-hydrogen) atoms. The smallest absolute Gasteiger partial charge is 0.178 e. The lowest BCUT2D eigenvalue weighted by Gasteiger charge is -2.21. The molecule has 1 aromatic carbocycles. The molecule has 1 rings (SSSR count). The maximum atomic E-state index is 11.9. The fraction of sp³-hybridized carbons (Fsp3) is 0.600. The van der Waals surface area contributed by atoms with Gasteiger partial charge in [-0.3, -0.25) is 0 Å². The monoisotopic (exact) mass is 283 g/mol. The van der Waals surface area contributed by atoms with Gasteiger partial charge < -0.3 is 5.32 Å². The van der Waals surface area contributed by atoms with Crippen molar-refractivity contribution in [3.63, 3.8) is 0 Å². The third-order valence-electron chi connectivity index (χ3n) is 3.51. The highest BCUT2D eigenvalue weighted by Crippen LogP contribution is 2.21. The van der Waals surface area contributed by atoms with Gasteiger partial charge in [-0.05, 0) is 43.5 Å². The van der Waals surface area contributed by atoms with Gasteiger partial charge in [0.05, 0.1) is 10.6 Å². The van der Waals surface area contributed by atoms with Crippen LogP contribution < -0.4 is 5.32 Å². The minimum atomic E-state index is -3.10. The largest absolute Gasteiger partial charge is 0.314 e. The van der Waals surface area contributed by atoms with Crippen molar-refractivity contribution in [1.82, 2.24) is 5.32 Å². The minimum absolute atomic E-state index is 0.218. The topological polar surface area (TPSA) is 46.2 Å². The molecule has 0 fully saturated rings. The van der Waals surface area contributed by atoms with E-state index in [0.717, 1.165) is 6.54 Å². The average Bonchev–Trinajstić information content (AvgIpc) is 2.38. The Kier molecular flexibility index (Phi) is 6.01. The Balaban J connectivity index is 2.87. The Morgan fingerprint density at radius 2 is 1.68 bits per heavy atom. The van der Waals surface area contributed by atoms with E-state index in [2.05, 4.69) is 26.1 Å². The zero-order chi connectivity index (χ0) is 14.5. The molecule has 0 aliphatic rings. The molecular weight excluding hydrogens is 258 g/mol. The maximum absolute atomic E-state index is 11.9. The molecule has 108 valence electrons. The van der Waals surface area contributed by atoms with Crippen molar-refractivity contribution < 1.29 is 8.42 Å². The highest BCUT2D eigenvalue weighted by atomic mass is 32.2. The van der Waals surface area contributed by atoms with E-state index in [-0.39, 0.29) is 5.75 Å². The van der Waals surface area contributed by atoms with Gasteiger partial charge in [0.2, 0.25) is 0 Å². The molecule has 0 saturated heterocycles. The molecule has 0 amide bonds. The van der Waals surface area contributed by atoms with Crippen LogP contribution >= 0.6 is 0 Å². The fourth-order valence-corrected chi connectivity index (χ4v) is 3.48. The van der Waals surface area contributed by atoms with Crippen molar-refractivity contribution in [3.05, 3.63) is 29.8 Å². The van der Waals surface area contributed by atoms with Crippen LogP contribution in [-0.4, -0.2) is 26.8 Å². The van der Waals surface area contributed by atoms with Gasteiger partial charge in [0.15, 0.2) is 9.84 Å². The van der Waals surface area contributed by atoms with Gasteiger partial charge in [0.1, 0.15) is 0 Å². The summed E-state index contributed by atoms with van der Waals surface area (Å²) in [5, 5.41) is 3.39. The van der Waals surface area contributed by atoms with Gasteiger partial charge in [-0.15, -0.1) is 0 Å². The van der Waals surface area contributed by atoms with Gasteiger partial charge in [0, 0.05) is 6.04 Å². The van der Waals surface area contributed by atoms with Crippen LogP contribution in [0.3, 0.4) is 0 Å². The van der Waals surface area contributed by atoms with E-state index in [1.54, 1.807) is 12.1 Å². The molecular formula is C15H25NO2S. The number of rotatable bonds is 7. The zero-order valence-electron chi connectivity index (χ0n) is 12.3. The average molecular weight is 283 g/mol. The number of benzene rings is 1. The second-order valence-corrected chi connectivity index (χ2v) is 7.13. The highest BCUT2D eigenvalue weighted by Gasteiger charge is 2.16. The highest BCUT2D eigenvalue weighted by molar-refractivity contribution is 7.91. The normalized spacial score (nSPS) is 15.2. The van der Waals surface area contributed by atoms with E-state index in [9.17, 15) is 8.42 Å². The first-order chi connectivity index (χ1) is 8.92. The SMILES string of the molecule is CCCS(=O)(=O)c1ccc(C(C)C(C)NCC)cc1. The molecule has 4 heteroatoms. The van der Waals surface area contributed by atoms with E-state index >= 15 is 0 Å². The van der Waals surface area contributed by atoms with Gasteiger partial charge in [0.25, 0.3) is 0 Å². The molecule has 0 spiro atoms. The molecule has 2 unspecified atom stereocenters. The quantitative estimate of drug-likeness (QED) is 0.837. The van der Waals surface area contributed by atoms with E-state index in [1.165, 1.54) is 5.56 Å². The molecule has 0 aliphatic carbocycles. The lowest BCUT2D eigenvalue weighted by Crippen LogP contribution is -2.30. The minimum Gasteiger partial charge on any atom is -0.314 e. The predicted octanol–water partition coefficient (Wildman–Crippen LogP) is 2.97. The van der Waals surface area contributed by atoms with Gasteiger partial charge >= 0.3 is 0 Å². The van der Waals surface area contributed by atoms with Crippen LogP contribution in [0.15, 0.2) is 29.2 Å². The molecule has 1 aromatic rings. The van der Waals surface area contributed by atoms with E-state index in [1.807, 2.05) is 19.1 Å². The van der Waals surface area contributed by atoms with Gasteiger partial charge in [-0.1, -0.05) is 32.9 Å². The zero-order valence-corrected chi connectivity index (χ0v) is 13.1. The van der Waals surface area contributed by atoms with E-state index in [4.69, 9.17) is 0 Å². The van der Waals surface area contributed by atoms with Crippen LogP contribution in [0.5, 0.6) is 0 Å². The van der Waals surface area contributed by atoms with Crippen LogP contribution in [0.1, 0.15) is 45.6 Å². The van der Waals surface area contributed by atoms with E-state index in [0.29, 0.717) is 23.3 Å². The molecule has 1 N–H and O–H groups in total. The van der Waals surface area contributed by atoms with Gasteiger partial charge in [-0.25, -0.2) is 8.42 Å². The van der Waals surface area contributed by atoms with Crippen molar-refractivity contribution >= 4 is 9.84 Å². The Morgan fingerprint density at radius 1 is 1.11 bits per heavy atom. The maximum Gasteiger partial charge on any atom is 0.178 e. The summed E-state index contributed by atoms with van der Waals surface area (Å²) in [7, 11) is -3.10. The van der Waals surface area contributed by atoms with Crippen molar-refractivity contribution in [2.24, 2.45) is 0 Å². The first-order valence-corrected chi connectivity index (χ1v) is 8.63. The first-order valence-electron chi connectivity index (χ1n) is 6.98. The van der Waals surface area contributed by atoms with Crippen molar-refractivity contribution in [2.45, 2.75) is 51.0 Å². The Hall–Kier alpha value is -0.870. The number of nitrogens with one attached hydrogen (secondary N) is 1. The summed E-state index contributed by atoms with van der Waals surface area (Å²) in [6.45, 7) is 9.21. The van der Waals surface area contributed by atoms with Crippen LogP contribution in [0.4, 0.5) is 0 Å². The summed E-state index contributed by atoms with van der Waals surface area (Å²) < 4.78 is 23.9. The lowest BCUT2D eigenvalue weighted by molar-refractivity contribution is 0.495. The van der Waals surface area contributed by atoms with Crippen molar-refractivity contribution in [2.75, 3.05) is 12.3 Å². The van der Waals surface area contributed by atoms with Crippen molar-refractivity contribution in [1.29, 1.82) is 0 Å². The molecule has 0 heterocycles. The number of hydrogen-bond donors (Lipinski definition) is 1. The fourth-order valence-electron chi connectivity index (χ4n) is 2.15. The van der Waals surface area contributed by atoms with Crippen molar-refractivity contribution in [3.8, 4) is 0 Å². The van der Waals surface area contributed by atoms with E-state index < -0.39 is 9.84 Å². The van der Waals surface area contributed by atoms with Crippen LogP contribution in [0.25, 0.3) is 0 Å². The lowest BCUT2D eigenvalue weighted by atomic mass is 9.94. The van der Waals surface area contributed by atoms with Gasteiger partial charge in [-0.2, -0.15) is 0 Å². The molecule has 3 nitrogen and oxygen atoms in total.